The van der Waals surface area contributed by atoms with Gasteiger partial charge in [-0.1, -0.05) is 6.92 Å². The van der Waals surface area contributed by atoms with Crippen molar-refractivity contribution in [2.24, 2.45) is 0 Å². The quantitative estimate of drug-likeness (QED) is 0.416. The third-order valence-corrected chi connectivity index (χ3v) is 2.86. The summed E-state index contributed by atoms with van der Waals surface area (Å²) in [6.45, 7) is 3.75. The lowest BCUT2D eigenvalue weighted by Crippen LogP contribution is -2.16. The Morgan fingerprint density at radius 1 is 1.18 bits per heavy atom. The van der Waals surface area contributed by atoms with Crippen molar-refractivity contribution in [1.82, 2.24) is 0 Å². The van der Waals surface area contributed by atoms with Gasteiger partial charge in [0.1, 0.15) is 6.10 Å². The molecule has 22 heavy (non-hydrogen) atoms. The molecule has 0 saturated heterocycles. The van der Waals surface area contributed by atoms with Gasteiger partial charge in [0.2, 0.25) is 0 Å². The van der Waals surface area contributed by atoms with Crippen LogP contribution in [-0.4, -0.2) is 23.5 Å². The predicted molar refractivity (Wildman–Crippen MR) is 78.1 cm³/mol. The van der Waals surface area contributed by atoms with E-state index in [0.717, 1.165) is 0 Å². The number of nitro benzene ring substituents is 1. The van der Waals surface area contributed by atoms with Gasteiger partial charge in [0.05, 0.1) is 18.0 Å². The van der Waals surface area contributed by atoms with Gasteiger partial charge < -0.3 is 9.47 Å². The standard InChI is InChI=1S/C15H19NO6/c1-3-5-14(17)22-13(10-15(18)21-4-2)11-6-8-12(9-7-11)16(19)20/h6-9,13H,3-5,10H2,1-2H3/t13-/m0/s1. The number of hydrogen-bond donors (Lipinski definition) is 0. The van der Waals surface area contributed by atoms with Crippen molar-refractivity contribution < 1.29 is 24.0 Å². The van der Waals surface area contributed by atoms with Crippen LogP contribution in [0.1, 0.15) is 44.8 Å². The van der Waals surface area contributed by atoms with Crippen LogP contribution in [-0.2, 0) is 19.1 Å². The summed E-state index contributed by atoms with van der Waals surface area (Å²) in [5.74, 6) is -0.912. The molecule has 0 aliphatic rings. The topological polar surface area (TPSA) is 95.7 Å². The molecule has 0 aliphatic heterocycles. The fourth-order valence-electron chi connectivity index (χ4n) is 1.83. The van der Waals surface area contributed by atoms with E-state index in [-0.39, 0.29) is 25.1 Å². The molecule has 0 unspecified atom stereocenters. The monoisotopic (exact) mass is 309 g/mol. The summed E-state index contributed by atoms with van der Waals surface area (Å²) in [7, 11) is 0. The fraction of sp³-hybridized carbons (Fsp3) is 0.467. The van der Waals surface area contributed by atoms with Gasteiger partial charge >= 0.3 is 11.9 Å². The summed E-state index contributed by atoms with van der Waals surface area (Å²) < 4.78 is 10.1. The molecular formula is C15H19NO6. The largest absolute Gasteiger partial charge is 0.466 e. The van der Waals surface area contributed by atoms with E-state index in [4.69, 9.17) is 9.47 Å². The van der Waals surface area contributed by atoms with Gasteiger partial charge in [0, 0.05) is 18.6 Å². The van der Waals surface area contributed by atoms with Crippen molar-refractivity contribution in [2.45, 2.75) is 39.2 Å². The lowest BCUT2D eigenvalue weighted by molar-refractivity contribution is -0.384. The van der Waals surface area contributed by atoms with Crippen LogP contribution in [0.15, 0.2) is 24.3 Å². The highest BCUT2D eigenvalue weighted by Gasteiger charge is 2.21. The summed E-state index contributed by atoms with van der Waals surface area (Å²) in [6, 6.07) is 5.56. The number of carbonyl (C=O) groups is 2. The highest BCUT2D eigenvalue weighted by atomic mass is 16.6. The Morgan fingerprint density at radius 3 is 2.32 bits per heavy atom. The molecule has 7 heteroatoms. The molecule has 0 aromatic heterocycles. The van der Waals surface area contributed by atoms with E-state index in [0.29, 0.717) is 12.0 Å². The van der Waals surface area contributed by atoms with Gasteiger partial charge in [-0.2, -0.15) is 0 Å². The molecule has 1 aromatic carbocycles. The smallest absolute Gasteiger partial charge is 0.309 e. The van der Waals surface area contributed by atoms with E-state index < -0.39 is 23.0 Å². The van der Waals surface area contributed by atoms with Crippen LogP contribution in [0.3, 0.4) is 0 Å². The molecule has 1 atom stereocenters. The molecule has 0 bridgehead atoms. The summed E-state index contributed by atoms with van der Waals surface area (Å²) in [4.78, 5) is 33.4. The second kappa shape index (κ2) is 8.76. The lowest BCUT2D eigenvalue weighted by Gasteiger charge is -2.17. The molecule has 1 aromatic rings. The van der Waals surface area contributed by atoms with Gasteiger partial charge in [0.25, 0.3) is 5.69 Å². The molecule has 7 nitrogen and oxygen atoms in total. The van der Waals surface area contributed by atoms with Crippen LogP contribution in [0.2, 0.25) is 0 Å². The molecule has 0 heterocycles. The number of benzene rings is 1. The van der Waals surface area contributed by atoms with Crippen molar-refractivity contribution in [1.29, 1.82) is 0 Å². The Kier molecular flexibility index (Phi) is 7.01. The van der Waals surface area contributed by atoms with Gasteiger partial charge in [-0.15, -0.1) is 0 Å². The van der Waals surface area contributed by atoms with Crippen LogP contribution in [0.25, 0.3) is 0 Å². The first-order chi connectivity index (χ1) is 10.5. The Hall–Kier alpha value is -2.44. The zero-order valence-corrected chi connectivity index (χ0v) is 12.6. The lowest BCUT2D eigenvalue weighted by atomic mass is 10.1. The number of nitro groups is 1. The SMILES string of the molecule is CCCC(=O)O[C@@H](CC(=O)OCC)c1ccc([N+](=O)[O-])cc1. The number of ether oxygens (including phenoxy) is 2. The van der Waals surface area contributed by atoms with E-state index >= 15 is 0 Å². The van der Waals surface area contributed by atoms with Gasteiger partial charge in [0.15, 0.2) is 0 Å². The highest BCUT2D eigenvalue weighted by molar-refractivity contribution is 5.73. The number of hydrogen-bond acceptors (Lipinski definition) is 6. The van der Waals surface area contributed by atoms with Crippen molar-refractivity contribution in [3.8, 4) is 0 Å². The predicted octanol–water partition coefficient (Wildman–Crippen LogP) is 2.93. The molecule has 120 valence electrons. The molecule has 0 amide bonds. The molecule has 0 radical (unpaired) electrons. The first-order valence-electron chi connectivity index (χ1n) is 7.07. The number of rotatable bonds is 8. The summed E-state index contributed by atoms with van der Waals surface area (Å²) in [6.07, 6.45) is -0.0579. The zero-order chi connectivity index (χ0) is 16.5. The summed E-state index contributed by atoms with van der Waals surface area (Å²) in [5, 5.41) is 10.7. The highest BCUT2D eigenvalue weighted by Crippen LogP contribution is 2.25. The second-order valence-corrected chi connectivity index (χ2v) is 4.59. The third-order valence-electron chi connectivity index (χ3n) is 2.86. The summed E-state index contributed by atoms with van der Waals surface area (Å²) >= 11 is 0. The third kappa shape index (κ3) is 5.51. The van der Waals surface area contributed by atoms with Crippen molar-refractivity contribution >= 4 is 17.6 Å². The van der Waals surface area contributed by atoms with E-state index in [1.165, 1.54) is 24.3 Å². The number of nitrogens with zero attached hydrogens (tertiary/aromatic N) is 1. The number of carbonyl (C=O) groups excluding carboxylic acids is 2. The number of non-ortho nitro benzene ring substituents is 1. The van der Waals surface area contributed by atoms with E-state index in [2.05, 4.69) is 0 Å². The Morgan fingerprint density at radius 2 is 1.82 bits per heavy atom. The molecule has 1 rings (SSSR count). The van der Waals surface area contributed by atoms with E-state index in [9.17, 15) is 19.7 Å². The van der Waals surface area contributed by atoms with Gasteiger partial charge in [-0.3, -0.25) is 19.7 Å². The van der Waals surface area contributed by atoms with E-state index in [1.54, 1.807) is 6.92 Å². The molecule has 0 spiro atoms. The van der Waals surface area contributed by atoms with Crippen LogP contribution in [0, 0.1) is 10.1 Å². The van der Waals surface area contributed by atoms with E-state index in [1.807, 2.05) is 6.92 Å². The van der Waals surface area contributed by atoms with Crippen molar-refractivity contribution in [3.63, 3.8) is 0 Å². The minimum absolute atomic E-state index is 0.0708. The maximum Gasteiger partial charge on any atom is 0.309 e. The average Bonchev–Trinajstić information content (AvgIpc) is 2.47. The first-order valence-corrected chi connectivity index (χ1v) is 7.07. The minimum atomic E-state index is -0.807. The molecule has 0 aliphatic carbocycles. The average molecular weight is 309 g/mol. The fourth-order valence-corrected chi connectivity index (χ4v) is 1.83. The van der Waals surface area contributed by atoms with Gasteiger partial charge in [-0.25, -0.2) is 0 Å². The van der Waals surface area contributed by atoms with Crippen molar-refractivity contribution in [3.05, 3.63) is 39.9 Å². The molecule has 0 saturated carbocycles. The zero-order valence-electron chi connectivity index (χ0n) is 12.6. The van der Waals surface area contributed by atoms with Gasteiger partial charge in [-0.05, 0) is 31.0 Å². The normalized spacial score (nSPS) is 11.5. The Labute approximate surface area is 128 Å². The molecule has 0 fully saturated rings. The molecule has 0 N–H and O–H groups in total. The first kappa shape index (κ1) is 17.6. The Bertz CT molecular complexity index is 505. The van der Waals surface area contributed by atoms with Crippen LogP contribution in [0.5, 0.6) is 0 Å². The van der Waals surface area contributed by atoms with Crippen LogP contribution < -0.4 is 0 Å². The van der Waals surface area contributed by atoms with Crippen LogP contribution >= 0.6 is 0 Å². The second-order valence-electron chi connectivity index (χ2n) is 4.59. The van der Waals surface area contributed by atoms with Crippen molar-refractivity contribution in [2.75, 3.05) is 6.61 Å². The maximum absolute atomic E-state index is 11.7. The van der Waals surface area contributed by atoms with Crippen LogP contribution in [0.4, 0.5) is 5.69 Å². The summed E-state index contributed by atoms with van der Waals surface area (Å²) in [5.41, 5.74) is 0.446. The molecular weight excluding hydrogens is 290 g/mol. The Balaban J connectivity index is 2.89. The number of esters is 2. The minimum Gasteiger partial charge on any atom is -0.466 e. The maximum atomic E-state index is 11.7.